The summed E-state index contributed by atoms with van der Waals surface area (Å²) in [7, 11) is 0. The lowest BCUT2D eigenvalue weighted by Crippen LogP contribution is -2.19. The normalized spacial score (nSPS) is 9.92. The Morgan fingerprint density at radius 3 is 3.23 bits per heavy atom. The van der Waals surface area contributed by atoms with Crippen molar-refractivity contribution in [2.45, 2.75) is 0 Å². The second kappa shape index (κ2) is 5.63. The molecule has 0 spiro atoms. The average molecular weight is 202 g/mol. The molecule has 0 saturated carbocycles. The van der Waals surface area contributed by atoms with Crippen LogP contribution in [0.2, 0.25) is 0 Å². The topological polar surface area (TPSA) is 71.5 Å². The van der Waals surface area contributed by atoms with Crippen LogP contribution in [0.15, 0.2) is 11.6 Å². The Balaban J connectivity index is 2.18. The van der Waals surface area contributed by atoms with Gasteiger partial charge in [-0.25, -0.2) is 4.98 Å². The van der Waals surface area contributed by atoms with E-state index in [2.05, 4.69) is 10.3 Å². The van der Waals surface area contributed by atoms with E-state index in [9.17, 15) is 4.79 Å². The number of carbonyl (C=O) groups excluding carboxylic acids is 1. The molecule has 1 amide bonds. The SMILES string of the molecule is O=C(COCCO)Nc1nccs1. The zero-order valence-corrected chi connectivity index (χ0v) is 7.71. The van der Waals surface area contributed by atoms with Crippen LogP contribution in [0, 0.1) is 0 Å². The Morgan fingerprint density at radius 1 is 1.77 bits per heavy atom. The number of aliphatic hydroxyl groups is 1. The van der Waals surface area contributed by atoms with Gasteiger partial charge in [0.1, 0.15) is 6.61 Å². The maximum absolute atomic E-state index is 11.0. The molecule has 0 saturated heterocycles. The van der Waals surface area contributed by atoms with Crippen LogP contribution in [0.25, 0.3) is 0 Å². The number of aromatic nitrogens is 1. The van der Waals surface area contributed by atoms with Gasteiger partial charge in [0.05, 0.1) is 13.2 Å². The van der Waals surface area contributed by atoms with Gasteiger partial charge in [-0.2, -0.15) is 0 Å². The lowest BCUT2D eigenvalue weighted by Gasteiger charge is -2.01. The molecule has 1 aromatic rings. The third-order valence-corrected chi connectivity index (χ3v) is 1.84. The number of nitrogens with one attached hydrogen (secondary N) is 1. The number of ether oxygens (including phenoxy) is 1. The van der Waals surface area contributed by atoms with Crippen molar-refractivity contribution in [3.8, 4) is 0 Å². The van der Waals surface area contributed by atoms with Crippen LogP contribution in [-0.4, -0.2) is 35.8 Å². The first-order valence-electron chi connectivity index (χ1n) is 3.71. The minimum Gasteiger partial charge on any atom is -0.394 e. The maximum atomic E-state index is 11.0. The van der Waals surface area contributed by atoms with E-state index in [0.717, 1.165) is 0 Å². The van der Waals surface area contributed by atoms with Crippen LogP contribution >= 0.6 is 11.3 Å². The van der Waals surface area contributed by atoms with E-state index in [1.165, 1.54) is 11.3 Å². The van der Waals surface area contributed by atoms with Crippen molar-refractivity contribution in [3.63, 3.8) is 0 Å². The summed E-state index contributed by atoms with van der Waals surface area (Å²) in [5, 5.41) is 13.2. The number of thiazole rings is 1. The highest BCUT2D eigenvalue weighted by molar-refractivity contribution is 7.13. The van der Waals surface area contributed by atoms with Gasteiger partial charge in [-0.15, -0.1) is 11.3 Å². The van der Waals surface area contributed by atoms with Crippen LogP contribution < -0.4 is 5.32 Å². The first-order valence-corrected chi connectivity index (χ1v) is 4.59. The molecule has 0 unspecified atom stereocenters. The smallest absolute Gasteiger partial charge is 0.252 e. The first kappa shape index (κ1) is 10.1. The number of carbonyl (C=O) groups is 1. The monoisotopic (exact) mass is 202 g/mol. The molecule has 0 atom stereocenters. The molecule has 1 heterocycles. The number of hydrogen-bond acceptors (Lipinski definition) is 5. The molecule has 0 bridgehead atoms. The minimum absolute atomic E-state index is 0.0554. The largest absolute Gasteiger partial charge is 0.394 e. The highest BCUT2D eigenvalue weighted by Gasteiger charge is 2.02. The Morgan fingerprint density at radius 2 is 2.62 bits per heavy atom. The molecule has 0 aliphatic carbocycles. The fourth-order valence-electron chi connectivity index (χ4n) is 0.670. The minimum atomic E-state index is -0.261. The summed E-state index contributed by atoms with van der Waals surface area (Å²) in [6, 6.07) is 0. The molecule has 5 nitrogen and oxygen atoms in total. The highest BCUT2D eigenvalue weighted by atomic mass is 32.1. The van der Waals surface area contributed by atoms with E-state index in [1.54, 1.807) is 11.6 Å². The second-order valence-corrected chi connectivity index (χ2v) is 3.06. The maximum Gasteiger partial charge on any atom is 0.252 e. The van der Waals surface area contributed by atoms with Crippen molar-refractivity contribution in [1.29, 1.82) is 0 Å². The Bertz CT molecular complexity index is 250. The molecular weight excluding hydrogens is 192 g/mol. The van der Waals surface area contributed by atoms with Crippen LogP contribution in [0.1, 0.15) is 0 Å². The highest BCUT2D eigenvalue weighted by Crippen LogP contribution is 2.09. The summed E-state index contributed by atoms with van der Waals surface area (Å²) >= 11 is 1.34. The summed E-state index contributed by atoms with van der Waals surface area (Å²) in [6.07, 6.45) is 1.61. The number of hydrogen-bond donors (Lipinski definition) is 2. The Labute approximate surface area is 79.4 Å². The van der Waals surface area contributed by atoms with Gasteiger partial charge in [-0.1, -0.05) is 0 Å². The van der Waals surface area contributed by atoms with Crippen LogP contribution in [0.5, 0.6) is 0 Å². The van der Waals surface area contributed by atoms with Crippen molar-refractivity contribution in [2.24, 2.45) is 0 Å². The fraction of sp³-hybridized carbons (Fsp3) is 0.429. The fourth-order valence-corrected chi connectivity index (χ4v) is 1.22. The predicted molar refractivity (Wildman–Crippen MR) is 48.6 cm³/mol. The Hall–Kier alpha value is -0.980. The molecule has 2 N–H and O–H groups in total. The van der Waals surface area contributed by atoms with Crippen LogP contribution in [0.4, 0.5) is 5.13 Å². The number of rotatable bonds is 5. The van der Waals surface area contributed by atoms with Gasteiger partial charge in [0, 0.05) is 11.6 Å². The summed E-state index contributed by atoms with van der Waals surface area (Å²) in [6.45, 7) is 0.0377. The number of nitrogens with zero attached hydrogens (tertiary/aromatic N) is 1. The van der Waals surface area contributed by atoms with Gasteiger partial charge in [-0.3, -0.25) is 10.1 Å². The van der Waals surface area contributed by atoms with E-state index in [4.69, 9.17) is 9.84 Å². The molecule has 0 radical (unpaired) electrons. The van der Waals surface area contributed by atoms with Crippen molar-refractivity contribution in [1.82, 2.24) is 4.98 Å². The van der Waals surface area contributed by atoms with Crippen LogP contribution in [0.3, 0.4) is 0 Å². The zero-order chi connectivity index (χ0) is 9.52. The van der Waals surface area contributed by atoms with E-state index in [0.29, 0.717) is 5.13 Å². The molecule has 13 heavy (non-hydrogen) atoms. The molecule has 0 aromatic carbocycles. The number of anilines is 1. The van der Waals surface area contributed by atoms with Gasteiger partial charge in [0.15, 0.2) is 5.13 Å². The van der Waals surface area contributed by atoms with E-state index in [1.807, 2.05) is 0 Å². The lowest BCUT2D eigenvalue weighted by atomic mass is 10.6. The molecule has 0 aliphatic heterocycles. The standard InChI is InChI=1S/C7H10N2O3S/c10-2-3-12-5-6(11)9-7-8-1-4-13-7/h1,4,10H,2-3,5H2,(H,8,9,11). The van der Waals surface area contributed by atoms with Crippen molar-refractivity contribution in [3.05, 3.63) is 11.6 Å². The average Bonchev–Trinajstić information content (AvgIpc) is 2.57. The van der Waals surface area contributed by atoms with E-state index in [-0.39, 0.29) is 25.7 Å². The van der Waals surface area contributed by atoms with Gasteiger partial charge >= 0.3 is 0 Å². The molecular formula is C7H10N2O3S. The van der Waals surface area contributed by atoms with E-state index < -0.39 is 0 Å². The molecule has 72 valence electrons. The zero-order valence-electron chi connectivity index (χ0n) is 6.90. The number of amides is 1. The van der Waals surface area contributed by atoms with Crippen molar-refractivity contribution < 1.29 is 14.6 Å². The molecule has 1 aromatic heterocycles. The Kier molecular flexibility index (Phi) is 4.37. The summed E-state index contributed by atoms with van der Waals surface area (Å²) in [4.78, 5) is 14.9. The molecule has 0 aliphatic rings. The van der Waals surface area contributed by atoms with Gasteiger partial charge in [0.2, 0.25) is 0 Å². The van der Waals surface area contributed by atoms with Crippen LogP contribution in [-0.2, 0) is 9.53 Å². The third-order valence-electron chi connectivity index (χ3n) is 1.15. The summed E-state index contributed by atoms with van der Waals surface area (Å²) < 4.78 is 4.81. The summed E-state index contributed by atoms with van der Waals surface area (Å²) in [5.74, 6) is -0.261. The van der Waals surface area contributed by atoms with E-state index >= 15 is 0 Å². The number of aliphatic hydroxyl groups excluding tert-OH is 1. The third kappa shape index (κ3) is 3.97. The van der Waals surface area contributed by atoms with Crippen molar-refractivity contribution in [2.75, 3.05) is 25.1 Å². The molecule has 1 rings (SSSR count). The van der Waals surface area contributed by atoms with Gasteiger partial charge in [-0.05, 0) is 0 Å². The second-order valence-electron chi connectivity index (χ2n) is 2.16. The van der Waals surface area contributed by atoms with Gasteiger partial charge < -0.3 is 9.84 Å². The quantitative estimate of drug-likeness (QED) is 0.664. The first-order chi connectivity index (χ1) is 6.33. The lowest BCUT2D eigenvalue weighted by molar-refractivity contribution is -0.120. The molecule has 0 fully saturated rings. The summed E-state index contributed by atoms with van der Waals surface area (Å²) in [5.41, 5.74) is 0. The predicted octanol–water partition coefficient (Wildman–Crippen LogP) is 0.0905. The molecule has 6 heteroatoms. The van der Waals surface area contributed by atoms with Crippen molar-refractivity contribution >= 4 is 22.4 Å². The van der Waals surface area contributed by atoms with Gasteiger partial charge in [0.25, 0.3) is 5.91 Å².